The van der Waals surface area contributed by atoms with Gasteiger partial charge in [-0.05, 0) is 65.2 Å². The van der Waals surface area contributed by atoms with Crippen LogP contribution in [0.2, 0.25) is 0 Å². The van der Waals surface area contributed by atoms with Crippen LogP contribution in [0.5, 0.6) is 5.75 Å². The molecule has 0 unspecified atom stereocenters. The summed E-state index contributed by atoms with van der Waals surface area (Å²) in [4.78, 5) is 2.48. The highest BCUT2D eigenvalue weighted by Gasteiger charge is 2.05. The van der Waals surface area contributed by atoms with E-state index in [4.69, 9.17) is 16.2 Å². The van der Waals surface area contributed by atoms with Crippen molar-refractivity contribution in [3.8, 4) is 26.6 Å². The Labute approximate surface area is 162 Å². The summed E-state index contributed by atoms with van der Waals surface area (Å²) < 4.78 is 5.80. The zero-order valence-corrected chi connectivity index (χ0v) is 15.6. The molecule has 134 valence electrons. The largest absolute Gasteiger partial charge is 0.489 e. The van der Waals surface area contributed by atoms with Crippen LogP contribution in [-0.4, -0.2) is 0 Å². The number of nitrogens with two attached hydrogens (primary N) is 2. The van der Waals surface area contributed by atoms with E-state index in [1.165, 1.54) is 20.9 Å². The number of nitrogen functional groups attached to an aromatic ring is 2. The molecule has 0 saturated carbocycles. The molecule has 0 radical (unpaired) electrons. The molecule has 0 fully saturated rings. The smallest absolute Gasteiger partial charge is 0.119 e. The van der Waals surface area contributed by atoms with E-state index in [0.29, 0.717) is 6.61 Å². The third-order valence-electron chi connectivity index (χ3n) is 4.33. The molecule has 4 N–H and O–H groups in total. The number of hydrogen-bond donors (Lipinski definition) is 2. The Morgan fingerprint density at radius 1 is 0.593 bits per heavy atom. The zero-order chi connectivity index (χ0) is 18.6. The minimum atomic E-state index is 0.533. The second-order valence-electron chi connectivity index (χ2n) is 6.34. The van der Waals surface area contributed by atoms with E-state index < -0.39 is 0 Å². The quantitative estimate of drug-likeness (QED) is 0.434. The Bertz CT molecular complexity index is 1020. The molecular formula is C23H20N2OS. The third-order valence-corrected chi connectivity index (χ3v) is 5.51. The predicted octanol–water partition coefficient (Wildman–Crippen LogP) is 5.83. The monoisotopic (exact) mass is 372 g/mol. The molecule has 0 spiro atoms. The summed E-state index contributed by atoms with van der Waals surface area (Å²) in [6, 6.07) is 28.2. The highest BCUT2D eigenvalue weighted by atomic mass is 32.1. The van der Waals surface area contributed by atoms with Crippen LogP contribution in [0.3, 0.4) is 0 Å². The van der Waals surface area contributed by atoms with Gasteiger partial charge in [0.05, 0.1) is 0 Å². The molecule has 3 nitrogen and oxygen atoms in total. The lowest BCUT2D eigenvalue weighted by molar-refractivity contribution is 0.306. The van der Waals surface area contributed by atoms with Gasteiger partial charge in [-0.25, -0.2) is 0 Å². The van der Waals surface area contributed by atoms with E-state index in [2.05, 4.69) is 48.5 Å². The van der Waals surface area contributed by atoms with Crippen molar-refractivity contribution in [2.24, 2.45) is 0 Å². The fourth-order valence-electron chi connectivity index (χ4n) is 2.79. The molecule has 4 aromatic rings. The zero-order valence-electron chi connectivity index (χ0n) is 14.8. The Kier molecular flexibility index (Phi) is 4.81. The Morgan fingerprint density at radius 3 is 1.63 bits per heavy atom. The summed E-state index contributed by atoms with van der Waals surface area (Å²) in [6.45, 7) is 0.533. The van der Waals surface area contributed by atoms with Crippen molar-refractivity contribution in [3.63, 3.8) is 0 Å². The van der Waals surface area contributed by atoms with E-state index >= 15 is 0 Å². The molecule has 0 bridgehead atoms. The van der Waals surface area contributed by atoms with Crippen molar-refractivity contribution in [1.82, 2.24) is 0 Å². The summed E-state index contributed by atoms with van der Waals surface area (Å²) in [5.41, 5.74) is 16.5. The topological polar surface area (TPSA) is 61.3 Å². The van der Waals surface area contributed by atoms with Crippen molar-refractivity contribution in [3.05, 3.63) is 90.5 Å². The third kappa shape index (κ3) is 4.13. The standard InChI is InChI=1S/C23H20N2OS/c24-19-7-5-18(6-8-19)23-14-13-22(27-23)17-3-1-16(2-4-17)15-26-21-11-9-20(25)10-12-21/h1-14H,15,24-25H2. The average Bonchev–Trinajstić information content (AvgIpc) is 3.19. The summed E-state index contributed by atoms with van der Waals surface area (Å²) in [5.74, 6) is 0.819. The second-order valence-corrected chi connectivity index (χ2v) is 7.42. The van der Waals surface area contributed by atoms with Gasteiger partial charge >= 0.3 is 0 Å². The van der Waals surface area contributed by atoms with Gasteiger partial charge < -0.3 is 16.2 Å². The van der Waals surface area contributed by atoms with E-state index in [9.17, 15) is 0 Å². The Hall–Kier alpha value is -3.24. The molecule has 4 rings (SSSR count). The van der Waals surface area contributed by atoms with Gasteiger partial charge in [-0.2, -0.15) is 0 Å². The first kappa shape index (κ1) is 17.2. The fraction of sp³-hybridized carbons (Fsp3) is 0.0435. The normalized spacial score (nSPS) is 10.7. The van der Waals surface area contributed by atoms with Crippen LogP contribution in [-0.2, 0) is 6.61 Å². The number of ether oxygens (including phenoxy) is 1. The van der Waals surface area contributed by atoms with Gasteiger partial charge in [-0.1, -0.05) is 36.4 Å². The SMILES string of the molecule is Nc1ccc(OCc2ccc(-c3ccc(-c4ccc(N)cc4)s3)cc2)cc1. The Balaban J connectivity index is 1.44. The van der Waals surface area contributed by atoms with Gasteiger partial charge in [0.15, 0.2) is 0 Å². The highest BCUT2D eigenvalue weighted by molar-refractivity contribution is 7.18. The van der Waals surface area contributed by atoms with E-state index in [1.807, 2.05) is 36.4 Å². The molecule has 0 aliphatic heterocycles. The first-order valence-corrected chi connectivity index (χ1v) is 9.52. The fourth-order valence-corrected chi connectivity index (χ4v) is 3.81. The first-order chi connectivity index (χ1) is 13.2. The maximum Gasteiger partial charge on any atom is 0.119 e. The van der Waals surface area contributed by atoms with Crippen LogP contribution in [0.15, 0.2) is 84.9 Å². The van der Waals surface area contributed by atoms with Gasteiger partial charge in [0, 0.05) is 21.1 Å². The molecule has 0 amide bonds. The molecule has 1 aromatic heterocycles. The van der Waals surface area contributed by atoms with Crippen LogP contribution in [0.1, 0.15) is 5.56 Å². The van der Waals surface area contributed by atoms with Crippen molar-refractivity contribution < 1.29 is 4.74 Å². The molecule has 3 aromatic carbocycles. The highest BCUT2D eigenvalue weighted by Crippen LogP contribution is 2.34. The van der Waals surface area contributed by atoms with Gasteiger partial charge in [-0.3, -0.25) is 0 Å². The van der Waals surface area contributed by atoms with Crippen molar-refractivity contribution >= 4 is 22.7 Å². The number of hydrogen-bond acceptors (Lipinski definition) is 4. The first-order valence-electron chi connectivity index (χ1n) is 8.71. The van der Waals surface area contributed by atoms with Crippen LogP contribution in [0.25, 0.3) is 20.9 Å². The maximum atomic E-state index is 5.80. The van der Waals surface area contributed by atoms with E-state index in [0.717, 1.165) is 22.7 Å². The van der Waals surface area contributed by atoms with Crippen molar-refractivity contribution in [2.45, 2.75) is 6.61 Å². The molecule has 0 atom stereocenters. The lowest BCUT2D eigenvalue weighted by atomic mass is 10.1. The molecular weight excluding hydrogens is 352 g/mol. The van der Waals surface area contributed by atoms with Crippen LogP contribution < -0.4 is 16.2 Å². The number of rotatable bonds is 5. The van der Waals surface area contributed by atoms with Crippen LogP contribution >= 0.6 is 11.3 Å². The lowest BCUT2D eigenvalue weighted by Crippen LogP contribution is -1.95. The van der Waals surface area contributed by atoms with Crippen LogP contribution in [0.4, 0.5) is 11.4 Å². The maximum absolute atomic E-state index is 5.80. The van der Waals surface area contributed by atoms with Gasteiger partial charge in [0.25, 0.3) is 0 Å². The van der Waals surface area contributed by atoms with Crippen molar-refractivity contribution in [1.29, 1.82) is 0 Å². The molecule has 0 aliphatic carbocycles. The number of thiophene rings is 1. The Morgan fingerprint density at radius 2 is 1.07 bits per heavy atom. The minimum Gasteiger partial charge on any atom is -0.489 e. The molecule has 1 heterocycles. The summed E-state index contributed by atoms with van der Waals surface area (Å²) in [7, 11) is 0. The molecule has 27 heavy (non-hydrogen) atoms. The molecule has 0 saturated heterocycles. The van der Waals surface area contributed by atoms with E-state index in [1.54, 1.807) is 11.3 Å². The minimum absolute atomic E-state index is 0.533. The van der Waals surface area contributed by atoms with E-state index in [-0.39, 0.29) is 0 Å². The number of anilines is 2. The summed E-state index contributed by atoms with van der Waals surface area (Å²) >= 11 is 1.78. The summed E-state index contributed by atoms with van der Waals surface area (Å²) in [6.07, 6.45) is 0. The predicted molar refractivity (Wildman–Crippen MR) is 115 cm³/mol. The average molecular weight is 372 g/mol. The lowest BCUT2D eigenvalue weighted by Gasteiger charge is -2.07. The van der Waals surface area contributed by atoms with Gasteiger partial charge in [0.2, 0.25) is 0 Å². The number of benzene rings is 3. The molecule has 4 heteroatoms. The summed E-state index contributed by atoms with van der Waals surface area (Å²) in [5, 5.41) is 0. The van der Waals surface area contributed by atoms with Gasteiger partial charge in [0.1, 0.15) is 12.4 Å². The van der Waals surface area contributed by atoms with Gasteiger partial charge in [-0.15, -0.1) is 11.3 Å². The molecule has 0 aliphatic rings. The van der Waals surface area contributed by atoms with Crippen molar-refractivity contribution in [2.75, 3.05) is 11.5 Å². The second kappa shape index (κ2) is 7.56. The van der Waals surface area contributed by atoms with Crippen LogP contribution in [0, 0.1) is 0 Å².